The number of hydrogen-bond donors (Lipinski definition) is 2. The molecule has 0 spiro atoms. The van der Waals surface area contributed by atoms with Gasteiger partial charge in [-0.05, 0) is 42.7 Å². The van der Waals surface area contributed by atoms with E-state index in [9.17, 15) is 0 Å². The van der Waals surface area contributed by atoms with Crippen molar-refractivity contribution < 1.29 is 0 Å². The lowest BCUT2D eigenvalue weighted by Crippen LogP contribution is -2.14. The minimum absolute atomic E-state index is 0.413. The van der Waals surface area contributed by atoms with Gasteiger partial charge in [0.05, 0.1) is 0 Å². The van der Waals surface area contributed by atoms with Gasteiger partial charge >= 0.3 is 0 Å². The van der Waals surface area contributed by atoms with Crippen LogP contribution < -0.4 is 11.1 Å². The van der Waals surface area contributed by atoms with Crippen molar-refractivity contribution in [1.82, 2.24) is 0 Å². The van der Waals surface area contributed by atoms with Crippen molar-refractivity contribution in [1.29, 1.82) is 0 Å². The summed E-state index contributed by atoms with van der Waals surface area (Å²) in [6, 6.07) is 14.3. The lowest BCUT2D eigenvalue weighted by molar-refractivity contribution is 1.00. The molecule has 0 fully saturated rings. The Labute approximate surface area is 133 Å². The average Bonchev–Trinajstić information content (AvgIpc) is 2.41. The lowest BCUT2D eigenvalue weighted by atomic mass is 10.1. The van der Waals surface area contributed by atoms with Crippen LogP contribution in [0.25, 0.3) is 0 Å². The molecule has 2 aromatic rings. The highest BCUT2D eigenvalue weighted by molar-refractivity contribution is 9.10. The Kier molecular flexibility index (Phi) is 5.15. The Morgan fingerprint density at radius 3 is 2.70 bits per heavy atom. The van der Waals surface area contributed by atoms with Crippen LogP contribution >= 0.6 is 28.1 Å². The molecular weight excluding hydrogens is 332 g/mol. The van der Waals surface area contributed by atoms with Crippen LogP contribution in [0.5, 0.6) is 0 Å². The van der Waals surface area contributed by atoms with Crippen LogP contribution in [0.2, 0.25) is 0 Å². The summed E-state index contributed by atoms with van der Waals surface area (Å²) in [5.74, 6) is 0. The van der Waals surface area contributed by atoms with Crippen molar-refractivity contribution >= 4 is 38.8 Å². The molecule has 0 heterocycles. The van der Waals surface area contributed by atoms with Crippen LogP contribution in [0, 0.1) is 6.92 Å². The molecular formula is C16H17BrN2S. The second-order valence-corrected chi connectivity index (χ2v) is 6.01. The van der Waals surface area contributed by atoms with Gasteiger partial charge in [0.25, 0.3) is 0 Å². The summed E-state index contributed by atoms with van der Waals surface area (Å²) in [5.41, 5.74) is 10.3. The van der Waals surface area contributed by atoms with Crippen LogP contribution in [0.1, 0.15) is 16.7 Å². The number of nitrogens with one attached hydrogen (secondary N) is 1. The summed E-state index contributed by atoms with van der Waals surface area (Å²) in [6.45, 7) is 2.98. The van der Waals surface area contributed by atoms with E-state index in [2.05, 4.69) is 52.4 Å². The fourth-order valence-corrected chi connectivity index (χ4v) is 2.64. The maximum atomic E-state index is 5.75. The van der Waals surface area contributed by atoms with E-state index >= 15 is 0 Å². The van der Waals surface area contributed by atoms with Gasteiger partial charge in [0.2, 0.25) is 0 Å². The van der Waals surface area contributed by atoms with Crippen LogP contribution in [-0.2, 0) is 6.42 Å². The third kappa shape index (κ3) is 3.81. The smallest absolute Gasteiger partial charge is 0.106 e. The van der Waals surface area contributed by atoms with Crippen molar-refractivity contribution in [3.63, 3.8) is 0 Å². The predicted octanol–water partition coefficient (Wildman–Crippen LogP) is 4.05. The van der Waals surface area contributed by atoms with E-state index in [1.807, 2.05) is 18.2 Å². The van der Waals surface area contributed by atoms with Crippen molar-refractivity contribution in [2.24, 2.45) is 5.73 Å². The summed E-state index contributed by atoms with van der Waals surface area (Å²) >= 11 is 8.55. The minimum Gasteiger partial charge on any atom is -0.389 e. The first-order chi connectivity index (χ1) is 9.58. The molecule has 0 aliphatic carbocycles. The van der Waals surface area contributed by atoms with Gasteiger partial charge in [-0.1, -0.05) is 52.4 Å². The Morgan fingerprint density at radius 2 is 2.00 bits per heavy atom. The molecule has 0 saturated carbocycles. The number of anilines is 1. The number of rotatable bonds is 5. The second kappa shape index (κ2) is 6.86. The monoisotopic (exact) mass is 348 g/mol. The van der Waals surface area contributed by atoms with Crippen LogP contribution in [-0.4, -0.2) is 11.5 Å². The fourth-order valence-electron chi connectivity index (χ4n) is 2.10. The molecule has 104 valence electrons. The van der Waals surface area contributed by atoms with E-state index in [-0.39, 0.29) is 0 Å². The summed E-state index contributed by atoms with van der Waals surface area (Å²) in [7, 11) is 0. The summed E-state index contributed by atoms with van der Waals surface area (Å²) in [4.78, 5) is 0.413. The quantitative estimate of drug-likeness (QED) is 0.800. The molecule has 0 radical (unpaired) electrons. The van der Waals surface area contributed by atoms with E-state index in [0.29, 0.717) is 4.99 Å². The van der Waals surface area contributed by atoms with Gasteiger partial charge in [0.1, 0.15) is 4.99 Å². The highest BCUT2D eigenvalue weighted by Crippen LogP contribution is 2.21. The molecule has 20 heavy (non-hydrogen) atoms. The Hall–Kier alpha value is -1.39. The standard InChI is InChI=1S/C16H17BrN2S/c1-11-4-2-3-5-12(11)8-9-19-15-10-13(17)6-7-14(15)16(18)20/h2-7,10,19H,8-9H2,1H3,(H2,18,20). The van der Waals surface area contributed by atoms with Crippen molar-refractivity contribution in [3.05, 3.63) is 63.6 Å². The normalized spacial score (nSPS) is 10.3. The first-order valence-corrected chi connectivity index (χ1v) is 7.66. The first-order valence-electron chi connectivity index (χ1n) is 6.45. The molecule has 3 N–H and O–H groups in total. The molecule has 0 amide bonds. The molecule has 0 bridgehead atoms. The van der Waals surface area contributed by atoms with E-state index < -0.39 is 0 Å². The Morgan fingerprint density at radius 1 is 1.25 bits per heavy atom. The molecule has 0 saturated heterocycles. The van der Waals surface area contributed by atoms with E-state index in [1.165, 1.54) is 11.1 Å². The molecule has 2 aromatic carbocycles. The van der Waals surface area contributed by atoms with Gasteiger partial charge in [0.15, 0.2) is 0 Å². The van der Waals surface area contributed by atoms with Gasteiger partial charge < -0.3 is 11.1 Å². The third-order valence-electron chi connectivity index (χ3n) is 3.22. The molecule has 4 heteroatoms. The van der Waals surface area contributed by atoms with Gasteiger partial charge in [-0.15, -0.1) is 0 Å². The molecule has 0 aromatic heterocycles. The Bertz CT molecular complexity index is 626. The maximum Gasteiger partial charge on any atom is 0.106 e. The van der Waals surface area contributed by atoms with Gasteiger partial charge in [-0.25, -0.2) is 0 Å². The summed E-state index contributed by atoms with van der Waals surface area (Å²) < 4.78 is 1.01. The van der Waals surface area contributed by atoms with E-state index in [4.69, 9.17) is 18.0 Å². The number of benzene rings is 2. The zero-order valence-corrected chi connectivity index (χ0v) is 13.7. The van der Waals surface area contributed by atoms with Crippen LogP contribution in [0.4, 0.5) is 5.69 Å². The van der Waals surface area contributed by atoms with Crippen molar-refractivity contribution in [2.45, 2.75) is 13.3 Å². The van der Waals surface area contributed by atoms with E-state index in [1.54, 1.807) is 0 Å². The largest absolute Gasteiger partial charge is 0.389 e. The molecule has 0 aliphatic rings. The average molecular weight is 349 g/mol. The number of halogens is 1. The summed E-state index contributed by atoms with van der Waals surface area (Å²) in [6.07, 6.45) is 0.968. The second-order valence-electron chi connectivity index (χ2n) is 4.66. The van der Waals surface area contributed by atoms with Crippen molar-refractivity contribution in [3.8, 4) is 0 Å². The third-order valence-corrected chi connectivity index (χ3v) is 3.93. The molecule has 0 aliphatic heterocycles. The molecule has 0 atom stereocenters. The summed E-state index contributed by atoms with van der Waals surface area (Å²) in [5, 5.41) is 3.41. The topological polar surface area (TPSA) is 38.0 Å². The number of nitrogens with two attached hydrogens (primary N) is 1. The molecule has 2 rings (SSSR count). The zero-order valence-electron chi connectivity index (χ0n) is 11.3. The molecule has 2 nitrogen and oxygen atoms in total. The number of aryl methyl sites for hydroxylation is 1. The SMILES string of the molecule is Cc1ccccc1CCNc1cc(Br)ccc1C(N)=S. The Balaban J connectivity index is 2.06. The fraction of sp³-hybridized carbons (Fsp3) is 0.188. The van der Waals surface area contributed by atoms with Crippen LogP contribution in [0.3, 0.4) is 0 Å². The van der Waals surface area contributed by atoms with Gasteiger partial charge in [0, 0.05) is 22.3 Å². The number of hydrogen-bond acceptors (Lipinski definition) is 2. The van der Waals surface area contributed by atoms with Crippen LogP contribution in [0.15, 0.2) is 46.9 Å². The van der Waals surface area contributed by atoms with Gasteiger partial charge in [-0.2, -0.15) is 0 Å². The van der Waals surface area contributed by atoms with E-state index in [0.717, 1.165) is 28.7 Å². The maximum absolute atomic E-state index is 5.75. The predicted molar refractivity (Wildman–Crippen MR) is 93.4 cm³/mol. The minimum atomic E-state index is 0.413. The zero-order chi connectivity index (χ0) is 14.5. The van der Waals surface area contributed by atoms with Crippen molar-refractivity contribution in [2.75, 3.05) is 11.9 Å². The highest BCUT2D eigenvalue weighted by atomic mass is 79.9. The molecule has 0 unspecified atom stereocenters. The first kappa shape index (κ1) is 15.0. The van der Waals surface area contributed by atoms with Gasteiger partial charge in [-0.3, -0.25) is 0 Å². The lowest BCUT2D eigenvalue weighted by Gasteiger charge is -2.12. The highest BCUT2D eigenvalue weighted by Gasteiger charge is 2.05. The number of thiocarbonyl (C=S) groups is 1.